The van der Waals surface area contributed by atoms with Crippen LogP contribution in [0.3, 0.4) is 0 Å². The molecular weight excluding hydrogens is 482 g/mol. The predicted octanol–water partition coefficient (Wildman–Crippen LogP) is 8.96. The normalized spacial score (nSPS) is 17.3. The van der Waals surface area contributed by atoms with Gasteiger partial charge >= 0.3 is 26.2 Å². The monoisotopic (exact) mass is 522 g/mol. The first-order valence-electron chi connectivity index (χ1n) is 11.7. The minimum atomic E-state index is 0. The Morgan fingerprint density at radius 2 is 1.19 bits per heavy atom. The molecule has 0 aromatic heterocycles. The molecule has 2 aliphatic rings. The zero-order chi connectivity index (χ0) is 23.1. The Morgan fingerprint density at radius 3 is 1.41 bits per heavy atom. The van der Waals surface area contributed by atoms with Crippen LogP contribution in [0.1, 0.15) is 59.8 Å². The van der Waals surface area contributed by atoms with Crippen molar-refractivity contribution in [1.82, 2.24) is 0 Å². The van der Waals surface area contributed by atoms with E-state index in [9.17, 15) is 0 Å². The van der Waals surface area contributed by atoms with Crippen molar-refractivity contribution >= 4 is 9.52 Å². The van der Waals surface area contributed by atoms with Crippen molar-refractivity contribution < 1.29 is 26.2 Å². The van der Waals surface area contributed by atoms with E-state index in [4.69, 9.17) is 5.73 Å². The first-order chi connectivity index (χ1) is 14.9. The Balaban J connectivity index is 0.000000431. The van der Waals surface area contributed by atoms with E-state index in [1.807, 2.05) is 12.1 Å². The van der Waals surface area contributed by atoms with E-state index >= 15 is 0 Å². The molecule has 2 aliphatic carbocycles. The van der Waals surface area contributed by atoms with Crippen LogP contribution in [0.25, 0.3) is 16.9 Å². The van der Waals surface area contributed by atoms with Gasteiger partial charge in [-0.05, 0) is 11.1 Å². The van der Waals surface area contributed by atoms with Crippen LogP contribution in [0.4, 0.5) is 0 Å². The average Bonchev–Trinajstić information content (AvgIpc) is 3.02. The SMILES string of the molecule is CC1=[C-]C(C)C(C)=C1C.C[SiH]C.[NH-]C1CCCCC1.[Zr+2].c1ccc(-c2ccccc2)cc1. The third kappa shape index (κ3) is 12.3. The number of hydrogen-bond acceptors (Lipinski definition) is 0. The van der Waals surface area contributed by atoms with Crippen molar-refractivity contribution in [1.29, 1.82) is 0 Å². The van der Waals surface area contributed by atoms with Crippen molar-refractivity contribution in [3.05, 3.63) is 89.2 Å². The van der Waals surface area contributed by atoms with Crippen molar-refractivity contribution in [3.8, 4) is 11.1 Å². The molecular formula is C29H42NSiZr. The van der Waals surface area contributed by atoms with Gasteiger partial charge in [0, 0.05) is 9.52 Å². The fourth-order valence-electron chi connectivity index (χ4n) is 3.53. The summed E-state index contributed by atoms with van der Waals surface area (Å²) in [5.41, 5.74) is 14.1. The van der Waals surface area contributed by atoms with Crippen LogP contribution in [0.5, 0.6) is 0 Å². The van der Waals surface area contributed by atoms with Crippen molar-refractivity contribution in [3.63, 3.8) is 0 Å². The molecule has 2 aromatic carbocycles. The van der Waals surface area contributed by atoms with Gasteiger partial charge < -0.3 is 5.73 Å². The second kappa shape index (κ2) is 18.4. The van der Waals surface area contributed by atoms with Crippen LogP contribution < -0.4 is 0 Å². The molecule has 1 fully saturated rings. The van der Waals surface area contributed by atoms with E-state index in [0.29, 0.717) is 5.92 Å². The minimum Gasteiger partial charge on any atom is -0.675 e. The fourth-order valence-corrected chi connectivity index (χ4v) is 3.53. The van der Waals surface area contributed by atoms with Crippen LogP contribution in [0, 0.1) is 12.0 Å². The molecule has 0 aliphatic heterocycles. The summed E-state index contributed by atoms with van der Waals surface area (Å²) in [6.45, 7) is 13.1. The first kappa shape index (κ1) is 31.0. The van der Waals surface area contributed by atoms with Crippen LogP contribution in [0.2, 0.25) is 13.1 Å². The van der Waals surface area contributed by atoms with Gasteiger partial charge in [0.25, 0.3) is 0 Å². The van der Waals surface area contributed by atoms with Crippen LogP contribution in [-0.4, -0.2) is 15.6 Å². The summed E-state index contributed by atoms with van der Waals surface area (Å²) in [5, 5.41) is 0. The molecule has 171 valence electrons. The minimum absolute atomic E-state index is 0. The predicted molar refractivity (Wildman–Crippen MR) is 142 cm³/mol. The first-order valence-corrected chi connectivity index (χ1v) is 14.0. The smallest absolute Gasteiger partial charge is 0.675 e. The van der Waals surface area contributed by atoms with Crippen molar-refractivity contribution in [2.24, 2.45) is 5.92 Å². The van der Waals surface area contributed by atoms with Crippen LogP contribution in [-0.2, 0) is 26.2 Å². The molecule has 3 heteroatoms. The largest absolute Gasteiger partial charge is 2.00 e. The Bertz CT molecular complexity index is 740. The summed E-state index contributed by atoms with van der Waals surface area (Å²) in [4.78, 5) is 0. The Labute approximate surface area is 219 Å². The molecule has 1 unspecified atom stereocenters. The molecule has 4 rings (SSSR count). The van der Waals surface area contributed by atoms with Crippen molar-refractivity contribution in [2.75, 3.05) is 0 Å². The molecule has 0 spiro atoms. The quantitative estimate of drug-likeness (QED) is 0.263. The molecule has 2 aromatic rings. The Hall–Kier alpha value is -1.02. The second-order valence-electron chi connectivity index (χ2n) is 8.44. The summed E-state index contributed by atoms with van der Waals surface area (Å²) in [6, 6.07) is 21.1. The molecule has 0 amide bonds. The fraction of sp³-hybridized carbons (Fsp3) is 0.448. The third-order valence-electron chi connectivity index (χ3n) is 5.72. The zero-order valence-corrected chi connectivity index (χ0v) is 24.7. The molecule has 32 heavy (non-hydrogen) atoms. The van der Waals surface area contributed by atoms with Gasteiger partial charge in [-0.15, -0.1) is 13.0 Å². The third-order valence-corrected chi connectivity index (χ3v) is 5.72. The molecule has 0 bridgehead atoms. The van der Waals surface area contributed by atoms with Gasteiger partial charge in [-0.25, -0.2) is 5.57 Å². The molecule has 1 atom stereocenters. The Morgan fingerprint density at radius 1 is 0.781 bits per heavy atom. The molecule has 1 saturated carbocycles. The van der Waals surface area contributed by atoms with Gasteiger partial charge in [0.2, 0.25) is 0 Å². The number of rotatable bonds is 1. The number of nitrogens with one attached hydrogen (secondary N) is 1. The Kier molecular flexibility index (Phi) is 17.8. The van der Waals surface area contributed by atoms with Gasteiger partial charge in [0.05, 0.1) is 0 Å². The van der Waals surface area contributed by atoms with Gasteiger partial charge in [0.15, 0.2) is 0 Å². The summed E-state index contributed by atoms with van der Waals surface area (Å²) in [7, 11) is 0.750. The van der Waals surface area contributed by atoms with E-state index in [2.05, 4.69) is 95.4 Å². The maximum absolute atomic E-state index is 7.27. The zero-order valence-electron chi connectivity index (χ0n) is 21.0. The van der Waals surface area contributed by atoms with Crippen LogP contribution >= 0.6 is 0 Å². The maximum atomic E-state index is 7.27. The van der Waals surface area contributed by atoms with E-state index < -0.39 is 0 Å². The van der Waals surface area contributed by atoms with E-state index in [1.165, 1.54) is 47.1 Å². The van der Waals surface area contributed by atoms with E-state index in [1.54, 1.807) is 0 Å². The summed E-state index contributed by atoms with van der Waals surface area (Å²) in [6.07, 6.45) is 9.63. The molecule has 0 saturated heterocycles. The maximum Gasteiger partial charge on any atom is 2.00 e. The molecule has 1 nitrogen and oxygen atoms in total. The van der Waals surface area contributed by atoms with E-state index in [0.717, 1.165) is 22.4 Å². The number of allylic oxidation sites excluding steroid dienone is 4. The molecule has 1 radical (unpaired) electrons. The molecule has 0 heterocycles. The van der Waals surface area contributed by atoms with Gasteiger partial charge in [-0.2, -0.15) is 11.1 Å². The van der Waals surface area contributed by atoms with Gasteiger partial charge in [-0.3, -0.25) is 6.08 Å². The number of benzene rings is 2. The van der Waals surface area contributed by atoms with Gasteiger partial charge in [-0.1, -0.05) is 133 Å². The van der Waals surface area contributed by atoms with Gasteiger partial charge in [0.1, 0.15) is 0 Å². The van der Waals surface area contributed by atoms with Crippen molar-refractivity contribution in [2.45, 2.75) is 78.9 Å². The average molecular weight is 524 g/mol. The summed E-state index contributed by atoms with van der Waals surface area (Å²) < 4.78 is 0. The topological polar surface area (TPSA) is 23.8 Å². The number of hydrogen-bond donors (Lipinski definition) is 0. The van der Waals surface area contributed by atoms with Crippen LogP contribution in [0.15, 0.2) is 77.4 Å². The molecule has 1 N–H and O–H groups in total. The van der Waals surface area contributed by atoms with E-state index in [-0.39, 0.29) is 32.2 Å². The summed E-state index contributed by atoms with van der Waals surface area (Å²) >= 11 is 0. The summed E-state index contributed by atoms with van der Waals surface area (Å²) in [5.74, 6) is 0.560. The second-order valence-corrected chi connectivity index (χ2v) is 9.60. The standard InChI is InChI=1S/C12H10.C9H13.C6H12N.C2H7Si.Zr/c1-3-7-11(8-4-1)12-9-5-2-6-10-12;1-6-5-7(2)9(4)8(6)3;7-6-4-2-1-3-5-6;1-3-2;/h1-10H;6H,1-4H3;6-7H,1-5H2;3H,1-2H3;/q;2*-1;;+2.